The van der Waals surface area contributed by atoms with Crippen LogP contribution in [0.15, 0.2) is 16.6 Å². The van der Waals surface area contributed by atoms with Crippen molar-refractivity contribution in [1.29, 1.82) is 0 Å². The van der Waals surface area contributed by atoms with Gasteiger partial charge in [0.1, 0.15) is 5.03 Å². The molecule has 0 saturated heterocycles. The Bertz CT molecular complexity index is 404. The summed E-state index contributed by atoms with van der Waals surface area (Å²) >= 11 is 3.37. The molecule has 0 unspecified atom stereocenters. The highest BCUT2D eigenvalue weighted by Crippen LogP contribution is 2.23. The van der Waals surface area contributed by atoms with Crippen molar-refractivity contribution in [2.45, 2.75) is 11.6 Å². The van der Waals surface area contributed by atoms with Crippen LogP contribution in [0.4, 0.5) is 0 Å². The van der Waals surface area contributed by atoms with Gasteiger partial charge in [-0.1, -0.05) is 0 Å². The van der Waals surface area contributed by atoms with Crippen LogP contribution in [-0.4, -0.2) is 22.7 Å². The van der Waals surface area contributed by atoms with Crippen molar-refractivity contribution in [1.82, 2.24) is 14.7 Å². The zero-order chi connectivity index (χ0) is 9.26. The van der Waals surface area contributed by atoms with Crippen LogP contribution in [0.25, 0.3) is 4.96 Å². The Labute approximate surface area is 85.2 Å². The summed E-state index contributed by atoms with van der Waals surface area (Å²) in [6.45, 7) is 0.869. The molecule has 0 aliphatic rings. The van der Waals surface area contributed by atoms with Crippen LogP contribution in [0, 0.1) is 0 Å². The molecule has 0 fully saturated rings. The van der Waals surface area contributed by atoms with E-state index in [0.29, 0.717) is 0 Å². The monoisotopic (exact) mass is 213 g/mol. The molecule has 13 heavy (non-hydrogen) atoms. The average Bonchev–Trinajstić information content (AvgIpc) is 2.67. The second-order valence-corrected chi connectivity index (χ2v) is 4.32. The number of rotatable bonds is 3. The summed E-state index contributed by atoms with van der Waals surface area (Å²) in [5.74, 6) is 0. The van der Waals surface area contributed by atoms with Gasteiger partial charge in [-0.3, -0.25) is 4.40 Å². The fourth-order valence-electron chi connectivity index (χ4n) is 1.30. The van der Waals surface area contributed by atoms with Gasteiger partial charge in [-0.05, 0) is 13.3 Å². The Morgan fingerprint density at radius 2 is 2.54 bits per heavy atom. The molecule has 3 nitrogen and oxygen atoms in total. The third-order valence-electron chi connectivity index (χ3n) is 1.86. The van der Waals surface area contributed by atoms with Crippen molar-refractivity contribution in [3.8, 4) is 0 Å². The molecule has 0 atom stereocenters. The Morgan fingerprint density at radius 1 is 1.69 bits per heavy atom. The van der Waals surface area contributed by atoms with Gasteiger partial charge in [0, 0.05) is 18.1 Å². The van der Waals surface area contributed by atoms with E-state index in [1.54, 1.807) is 23.1 Å². The molecule has 2 aromatic rings. The molecule has 0 saturated carbocycles. The molecular weight excluding hydrogens is 202 g/mol. The van der Waals surface area contributed by atoms with Crippen molar-refractivity contribution in [3.05, 3.63) is 17.3 Å². The molecule has 0 aliphatic carbocycles. The summed E-state index contributed by atoms with van der Waals surface area (Å²) in [7, 11) is 1.95. The van der Waals surface area contributed by atoms with E-state index in [2.05, 4.69) is 32.5 Å². The first kappa shape index (κ1) is 9.05. The van der Waals surface area contributed by atoms with Gasteiger partial charge in [0.25, 0.3) is 0 Å². The van der Waals surface area contributed by atoms with Gasteiger partial charge in [-0.2, -0.15) is 0 Å². The molecule has 5 heteroatoms. The van der Waals surface area contributed by atoms with Crippen LogP contribution < -0.4 is 5.32 Å². The maximum Gasteiger partial charge on any atom is 0.194 e. The molecule has 70 valence electrons. The first-order valence-electron chi connectivity index (χ1n) is 4.00. The third-order valence-corrected chi connectivity index (χ3v) is 3.33. The highest BCUT2D eigenvalue weighted by Gasteiger charge is 2.10. The Kier molecular flexibility index (Phi) is 2.57. The number of nitrogens with one attached hydrogen (secondary N) is 1. The van der Waals surface area contributed by atoms with E-state index in [0.717, 1.165) is 16.5 Å². The van der Waals surface area contributed by atoms with Crippen molar-refractivity contribution < 1.29 is 0 Å². The number of imidazole rings is 1. The number of aromatic nitrogens is 2. The van der Waals surface area contributed by atoms with E-state index >= 15 is 0 Å². The maximum absolute atomic E-state index is 4.51. The molecule has 0 spiro atoms. The summed E-state index contributed by atoms with van der Waals surface area (Å²) in [6, 6.07) is 0. The van der Waals surface area contributed by atoms with Crippen LogP contribution in [0.1, 0.15) is 5.69 Å². The quantitative estimate of drug-likeness (QED) is 0.789. The minimum Gasteiger partial charge on any atom is -0.314 e. The molecule has 0 aromatic carbocycles. The van der Waals surface area contributed by atoms with Gasteiger partial charge in [0.15, 0.2) is 4.96 Å². The van der Waals surface area contributed by atoms with E-state index < -0.39 is 0 Å². The molecule has 0 amide bonds. The summed E-state index contributed by atoms with van der Waals surface area (Å²) in [5, 5.41) is 6.34. The first-order valence-corrected chi connectivity index (χ1v) is 6.10. The molecule has 1 N–H and O–H groups in total. The van der Waals surface area contributed by atoms with Crippen LogP contribution in [0.3, 0.4) is 0 Å². The molecule has 2 heterocycles. The van der Waals surface area contributed by atoms with Crippen molar-refractivity contribution in [3.63, 3.8) is 0 Å². The predicted molar refractivity (Wildman–Crippen MR) is 57.6 cm³/mol. The van der Waals surface area contributed by atoms with Crippen LogP contribution in [-0.2, 0) is 6.54 Å². The zero-order valence-corrected chi connectivity index (χ0v) is 9.21. The topological polar surface area (TPSA) is 29.3 Å². The standard InChI is InChI=1S/C8H11N3S2/c1-9-5-6-7(12-2)10-8-11(6)3-4-13-8/h3-4,9H,5H2,1-2H3. The number of nitrogens with zero attached hydrogens (tertiary/aromatic N) is 2. The largest absolute Gasteiger partial charge is 0.314 e. The van der Waals surface area contributed by atoms with E-state index in [9.17, 15) is 0 Å². The minimum absolute atomic E-state index is 0.869. The first-order chi connectivity index (χ1) is 6.36. The van der Waals surface area contributed by atoms with E-state index in [-0.39, 0.29) is 0 Å². The Hall–Kier alpha value is -0.520. The number of hydrogen-bond donors (Lipinski definition) is 1. The van der Waals surface area contributed by atoms with Gasteiger partial charge in [0.05, 0.1) is 5.69 Å². The SMILES string of the molecule is CNCc1c(SC)nc2sccn12. The second-order valence-electron chi connectivity index (χ2n) is 2.65. The molecular formula is C8H11N3S2. The van der Waals surface area contributed by atoms with Gasteiger partial charge in [0.2, 0.25) is 0 Å². The fourth-order valence-corrected chi connectivity index (χ4v) is 2.68. The minimum atomic E-state index is 0.869. The summed E-state index contributed by atoms with van der Waals surface area (Å²) < 4.78 is 2.15. The number of thiazole rings is 1. The smallest absolute Gasteiger partial charge is 0.194 e. The summed E-state index contributed by atoms with van der Waals surface area (Å²) in [5.41, 5.74) is 1.26. The lowest BCUT2D eigenvalue weighted by molar-refractivity contribution is 0.765. The molecule has 2 aromatic heterocycles. The highest BCUT2D eigenvalue weighted by molar-refractivity contribution is 7.98. The Morgan fingerprint density at radius 3 is 3.23 bits per heavy atom. The van der Waals surface area contributed by atoms with E-state index in [1.807, 2.05) is 7.05 Å². The third kappa shape index (κ3) is 1.47. The average molecular weight is 213 g/mol. The van der Waals surface area contributed by atoms with E-state index in [4.69, 9.17) is 0 Å². The fraction of sp³-hybridized carbons (Fsp3) is 0.375. The van der Waals surface area contributed by atoms with Crippen molar-refractivity contribution >= 4 is 28.1 Å². The highest BCUT2D eigenvalue weighted by atomic mass is 32.2. The van der Waals surface area contributed by atoms with Crippen LogP contribution in [0.5, 0.6) is 0 Å². The molecule has 0 bridgehead atoms. The molecule has 0 radical (unpaired) electrons. The summed E-state index contributed by atoms with van der Waals surface area (Å²) in [4.78, 5) is 5.59. The van der Waals surface area contributed by atoms with E-state index in [1.165, 1.54) is 5.69 Å². The zero-order valence-electron chi connectivity index (χ0n) is 7.57. The van der Waals surface area contributed by atoms with Gasteiger partial charge in [-0.25, -0.2) is 4.98 Å². The number of hydrogen-bond acceptors (Lipinski definition) is 4. The second kappa shape index (κ2) is 3.69. The van der Waals surface area contributed by atoms with Gasteiger partial charge >= 0.3 is 0 Å². The molecule has 0 aliphatic heterocycles. The van der Waals surface area contributed by atoms with Gasteiger partial charge in [-0.15, -0.1) is 23.1 Å². The Balaban J connectivity index is 2.56. The normalized spacial score (nSPS) is 11.2. The number of fused-ring (bicyclic) bond motifs is 1. The predicted octanol–water partition coefficient (Wildman–Crippen LogP) is 1.84. The van der Waals surface area contributed by atoms with Crippen molar-refractivity contribution in [2.75, 3.05) is 13.3 Å². The molecule has 2 rings (SSSR count). The number of thioether (sulfide) groups is 1. The lowest BCUT2D eigenvalue weighted by Gasteiger charge is -1.99. The van der Waals surface area contributed by atoms with Crippen molar-refractivity contribution in [2.24, 2.45) is 0 Å². The summed E-state index contributed by atoms with van der Waals surface area (Å²) in [6.07, 6.45) is 4.13. The van der Waals surface area contributed by atoms with Crippen LogP contribution in [0.2, 0.25) is 0 Å². The van der Waals surface area contributed by atoms with Crippen LogP contribution >= 0.6 is 23.1 Å². The van der Waals surface area contributed by atoms with Gasteiger partial charge < -0.3 is 5.32 Å². The lowest BCUT2D eigenvalue weighted by Crippen LogP contribution is -2.07. The maximum atomic E-state index is 4.51. The lowest BCUT2D eigenvalue weighted by atomic mass is 10.5.